The molecule has 34 valence electrons. The zero-order valence-corrected chi connectivity index (χ0v) is 2.28. The smallest absolute Gasteiger partial charge is 0.0473 e. The third-order valence-electron chi connectivity index (χ3n) is 0. The molecule has 0 heteroatoms. The lowest BCUT2D eigenvalue weighted by Crippen LogP contribution is -1.07. The van der Waals surface area contributed by atoms with Crippen LogP contribution in [0.5, 0.6) is 0 Å². The van der Waals surface area contributed by atoms with Crippen molar-refractivity contribution in [2.75, 3.05) is 0 Å². The summed E-state index contributed by atoms with van der Waals surface area (Å²) in [5, 5.41) is 0. The van der Waals surface area contributed by atoms with Gasteiger partial charge >= 0.3 is 0 Å². The molecule has 0 spiro atoms. The van der Waals surface area contributed by atoms with Crippen LogP contribution in [-0.4, -0.2) is 0 Å². The first-order valence-corrected chi connectivity index (χ1v) is 0.986. The largest absolute Gasteiger partial charge is 0.103 e. The van der Waals surface area contributed by atoms with Crippen LogP contribution >= 0.6 is 0 Å². The molecule has 0 aromatic heterocycles. The number of hydrogen-bond donors (Lipinski definition) is 0. The Morgan fingerprint density at radius 1 is 1.40 bits per heavy atom. The van der Waals surface area contributed by atoms with Crippen LogP contribution in [0.2, 0.25) is 0 Å². The predicted octanol–water partition coefficient (Wildman–Crippen LogP) is 2.46. The predicted molar refractivity (Wildman–Crippen MR) is 29.3 cm³/mol. The summed E-state index contributed by atoms with van der Waals surface area (Å²) < 4.78 is 0. The molecule has 0 N–H and O–H groups in total. The SMILES string of the molecule is C.C.C=CC. The van der Waals surface area contributed by atoms with E-state index < -0.39 is 0 Å². The van der Waals surface area contributed by atoms with Gasteiger partial charge in [0.1, 0.15) is 0 Å². The van der Waals surface area contributed by atoms with E-state index in [1.165, 1.54) is 0 Å². The minimum absolute atomic E-state index is 0. The zero-order chi connectivity index (χ0) is 2.71. The van der Waals surface area contributed by atoms with Crippen LogP contribution in [-0.2, 0) is 0 Å². The van der Waals surface area contributed by atoms with Gasteiger partial charge in [-0.1, -0.05) is 20.9 Å². The Morgan fingerprint density at radius 2 is 1.40 bits per heavy atom. The van der Waals surface area contributed by atoms with Gasteiger partial charge in [0.15, 0.2) is 0 Å². The lowest BCUT2D eigenvalue weighted by Gasteiger charge is -1.31. The first kappa shape index (κ1) is 21.9. The standard InChI is InChI=1S/C3H6.2CH4/c1-3-2;;/h3H,1H2,2H3;2*1H4. The van der Waals surface area contributed by atoms with E-state index in [4.69, 9.17) is 0 Å². The van der Waals surface area contributed by atoms with Crippen molar-refractivity contribution in [2.45, 2.75) is 21.8 Å². The molecule has 0 radical (unpaired) electrons. The molecule has 0 heterocycles. The molecule has 0 aromatic rings. The minimum Gasteiger partial charge on any atom is -0.103 e. The maximum absolute atomic E-state index is 3.36. The van der Waals surface area contributed by atoms with E-state index in [9.17, 15) is 0 Å². The molecule has 0 fully saturated rings. The van der Waals surface area contributed by atoms with Crippen LogP contribution in [0.3, 0.4) is 0 Å². The monoisotopic (exact) mass is 74.1 g/mol. The summed E-state index contributed by atoms with van der Waals surface area (Å²) in [7, 11) is 0. The summed E-state index contributed by atoms with van der Waals surface area (Å²) in [6.45, 7) is 5.25. The fourth-order valence-corrected chi connectivity index (χ4v) is 0. The normalized spacial score (nSPS) is 2.60. The Morgan fingerprint density at radius 3 is 1.40 bits per heavy atom. The van der Waals surface area contributed by atoms with Crippen LogP contribution in [0.4, 0.5) is 0 Å². The second-order valence-electron chi connectivity index (χ2n) is 0.408. The third kappa shape index (κ3) is 168. The molecule has 0 rings (SSSR count). The van der Waals surface area contributed by atoms with Gasteiger partial charge in [-0.2, -0.15) is 0 Å². The number of rotatable bonds is 0. The van der Waals surface area contributed by atoms with Crippen molar-refractivity contribution >= 4 is 0 Å². The van der Waals surface area contributed by atoms with Gasteiger partial charge in [0.2, 0.25) is 0 Å². The quantitative estimate of drug-likeness (QED) is 0.387. The van der Waals surface area contributed by atoms with E-state index >= 15 is 0 Å². The molecular weight excluding hydrogens is 60.1 g/mol. The van der Waals surface area contributed by atoms with Crippen molar-refractivity contribution in [3.63, 3.8) is 0 Å². The summed E-state index contributed by atoms with van der Waals surface area (Å²) >= 11 is 0. The first-order chi connectivity index (χ1) is 1.41. The topological polar surface area (TPSA) is 0 Å². The molecule has 0 atom stereocenters. The first-order valence-electron chi connectivity index (χ1n) is 0.986. The summed E-state index contributed by atoms with van der Waals surface area (Å²) in [6.07, 6.45) is 1.75. The highest BCUT2D eigenvalue weighted by Crippen LogP contribution is 1.38. The van der Waals surface area contributed by atoms with Crippen molar-refractivity contribution < 1.29 is 0 Å². The molecule has 0 nitrogen and oxygen atoms in total. The van der Waals surface area contributed by atoms with Crippen LogP contribution in [0.15, 0.2) is 12.7 Å². The second-order valence-corrected chi connectivity index (χ2v) is 0.408. The molecule has 0 unspecified atom stereocenters. The maximum atomic E-state index is 3.36. The third-order valence-corrected chi connectivity index (χ3v) is 0. The van der Waals surface area contributed by atoms with E-state index in [1.54, 1.807) is 6.08 Å². The highest BCUT2D eigenvalue weighted by Gasteiger charge is 1.15. The second kappa shape index (κ2) is 51.3. The van der Waals surface area contributed by atoms with Crippen molar-refractivity contribution in [1.29, 1.82) is 0 Å². The molecule has 0 bridgehead atoms. The Balaban J connectivity index is -0.0000000200. The van der Waals surface area contributed by atoms with Gasteiger partial charge < -0.3 is 0 Å². The van der Waals surface area contributed by atoms with Gasteiger partial charge in [0.25, 0.3) is 0 Å². The Kier molecular flexibility index (Phi) is 225. The van der Waals surface area contributed by atoms with Crippen LogP contribution in [0.1, 0.15) is 21.8 Å². The Labute approximate surface area is 35.5 Å². The van der Waals surface area contributed by atoms with Gasteiger partial charge in [-0.3, -0.25) is 0 Å². The van der Waals surface area contributed by atoms with Crippen molar-refractivity contribution in [1.82, 2.24) is 0 Å². The van der Waals surface area contributed by atoms with E-state index in [2.05, 4.69) is 6.58 Å². The number of hydrogen-bond acceptors (Lipinski definition) is 0. The molecule has 0 saturated carbocycles. The van der Waals surface area contributed by atoms with E-state index in [1.807, 2.05) is 6.92 Å². The van der Waals surface area contributed by atoms with Crippen molar-refractivity contribution in [2.24, 2.45) is 0 Å². The molecule has 5 heavy (non-hydrogen) atoms. The summed E-state index contributed by atoms with van der Waals surface area (Å²) in [5.74, 6) is 0. The highest BCUT2D eigenvalue weighted by molar-refractivity contribution is 4.51. The van der Waals surface area contributed by atoms with Crippen LogP contribution in [0.25, 0.3) is 0 Å². The lowest BCUT2D eigenvalue weighted by atomic mass is 10.8. The minimum atomic E-state index is 0. The molecule has 0 amide bonds. The van der Waals surface area contributed by atoms with E-state index in [0.717, 1.165) is 0 Å². The summed E-state index contributed by atoms with van der Waals surface area (Å²) in [6, 6.07) is 0. The maximum Gasteiger partial charge on any atom is -0.0473 e. The Hall–Kier alpha value is -0.260. The zero-order valence-electron chi connectivity index (χ0n) is 2.28. The van der Waals surface area contributed by atoms with Gasteiger partial charge in [0.05, 0.1) is 0 Å². The van der Waals surface area contributed by atoms with Crippen LogP contribution in [0, 0.1) is 0 Å². The average molecular weight is 74.2 g/mol. The Bertz CT molecular complexity index is 7.51. The molecular formula is C5H14. The number of allylic oxidation sites excluding steroid dienone is 1. The van der Waals surface area contributed by atoms with Gasteiger partial charge in [-0.25, -0.2) is 0 Å². The van der Waals surface area contributed by atoms with E-state index in [0.29, 0.717) is 0 Å². The molecule has 0 aromatic carbocycles. The van der Waals surface area contributed by atoms with E-state index in [-0.39, 0.29) is 14.9 Å². The molecule has 0 aliphatic heterocycles. The summed E-state index contributed by atoms with van der Waals surface area (Å²) in [5.41, 5.74) is 0. The fourth-order valence-electron chi connectivity index (χ4n) is 0. The molecule has 0 saturated heterocycles. The van der Waals surface area contributed by atoms with Gasteiger partial charge in [0, 0.05) is 0 Å². The van der Waals surface area contributed by atoms with Crippen molar-refractivity contribution in [3.05, 3.63) is 12.7 Å². The van der Waals surface area contributed by atoms with Crippen LogP contribution < -0.4 is 0 Å². The fraction of sp³-hybridized carbons (Fsp3) is 0.600. The van der Waals surface area contributed by atoms with Crippen molar-refractivity contribution in [3.8, 4) is 0 Å². The molecule has 0 aliphatic rings. The molecule has 0 aliphatic carbocycles. The van der Waals surface area contributed by atoms with Gasteiger partial charge in [-0.05, 0) is 6.92 Å². The van der Waals surface area contributed by atoms with Gasteiger partial charge in [-0.15, -0.1) is 6.58 Å². The average Bonchev–Trinajstić information content (AvgIpc) is 0.918. The summed E-state index contributed by atoms with van der Waals surface area (Å²) in [4.78, 5) is 0. The highest BCUT2D eigenvalue weighted by atomic mass is 13.2. The lowest BCUT2D eigenvalue weighted by molar-refractivity contribution is 1.80.